The topological polar surface area (TPSA) is 75.3 Å². The number of fused-ring (bicyclic) bond motifs is 1. The van der Waals surface area contributed by atoms with Crippen LogP contribution < -0.4 is 10.0 Å². The molecule has 3 rings (SSSR count). The van der Waals surface area contributed by atoms with Crippen molar-refractivity contribution in [1.82, 2.24) is 4.72 Å². The summed E-state index contributed by atoms with van der Waals surface area (Å²) in [6, 6.07) is 14.4. The van der Waals surface area contributed by atoms with Crippen LogP contribution in [-0.2, 0) is 21.2 Å². The van der Waals surface area contributed by atoms with Gasteiger partial charge in [-0.3, -0.25) is 4.79 Å². The Morgan fingerprint density at radius 2 is 1.87 bits per heavy atom. The lowest BCUT2D eigenvalue weighted by atomic mass is 10.0. The molecule has 5 nitrogen and oxygen atoms in total. The minimum Gasteiger partial charge on any atom is -0.325 e. The average Bonchev–Trinajstić information content (AvgIpc) is 2.83. The van der Waals surface area contributed by atoms with Gasteiger partial charge in [0.05, 0.1) is 10.8 Å². The lowest BCUT2D eigenvalue weighted by molar-refractivity contribution is -0.116. The third-order valence-electron chi connectivity index (χ3n) is 4.00. The molecule has 0 fully saturated rings. The van der Waals surface area contributed by atoms with Crippen LogP contribution in [0, 0.1) is 0 Å². The third kappa shape index (κ3) is 3.28. The Morgan fingerprint density at radius 3 is 2.61 bits per heavy atom. The van der Waals surface area contributed by atoms with Crippen LogP contribution in [0.25, 0.3) is 0 Å². The molecule has 2 N–H and O–H groups in total. The predicted octanol–water partition coefficient (Wildman–Crippen LogP) is 2.26. The molecule has 0 unspecified atom stereocenters. The first-order valence-corrected chi connectivity index (χ1v) is 8.94. The largest absolute Gasteiger partial charge is 0.325 e. The van der Waals surface area contributed by atoms with Crippen molar-refractivity contribution >= 4 is 21.6 Å². The number of benzene rings is 2. The standard InChI is InChI=1S/C17H18N2O3S/c1-12-15-11-14(7-8-16(15)19-17(12)20)23(21,22)18-10-9-13-5-3-2-4-6-13/h2-8,11-12,18H,9-10H2,1H3,(H,19,20)/t12-/m1/s1. The number of sulfonamides is 1. The van der Waals surface area contributed by atoms with Gasteiger partial charge in [-0.05, 0) is 42.7 Å². The summed E-state index contributed by atoms with van der Waals surface area (Å²) in [5.41, 5.74) is 2.49. The maximum atomic E-state index is 12.4. The Labute approximate surface area is 135 Å². The van der Waals surface area contributed by atoms with Crippen LogP contribution in [-0.4, -0.2) is 20.9 Å². The van der Waals surface area contributed by atoms with Crippen LogP contribution in [0.3, 0.4) is 0 Å². The molecule has 0 aromatic heterocycles. The molecule has 0 saturated heterocycles. The van der Waals surface area contributed by atoms with Crippen LogP contribution in [0.15, 0.2) is 53.4 Å². The zero-order valence-corrected chi connectivity index (χ0v) is 13.6. The van der Waals surface area contributed by atoms with Gasteiger partial charge in [-0.2, -0.15) is 0 Å². The molecule has 2 aromatic carbocycles. The van der Waals surface area contributed by atoms with E-state index in [1.165, 1.54) is 6.07 Å². The van der Waals surface area contributed by atoms with E-state index in [1.807, 2.05) is 30.3 Å². The van der Waals surface area contributed by atoms with Gasteiger partial charge in [-0.15, -0.1) is 0 Å². The van der Waals surface area contributed by atoms with Crippen molar-refractivity contribution in [3.8, 4) is 0 Å². The molecule has 2 aromatic rings. The second-order valence-corrected chi connectivity index (χ2v) is 7.36. The van der Waals surface area contributed by atoms with Crippen LogP contribution in [0.5, 0.6) is 0 Å². The van der Waals surface area contributed by atoms with Crippen molar-refractivity contribution in [2.45, 2.75) is 24.2 Å². The summed E-state index contributed by atoms with van der Waals surface area (Å²) >= 11 is 0. The van der Waals surface area contributed by atoms with Crippen molar-refractivity contribution in [3.05, 3.63) is 59.7 Å². The Balaban J connectivity index is 1.72. The van der Waals surface area contributed by atoms with E-state index in [2.05, 4.69) is 10.0 Å². The number of carbonyl (C=O) groups is 1. The van der Waals surface area contributed by atoms with E-state index in [4.69, 9.17) is 0 Å². The summed E-state index contributed by atoms with van der Waals surface area (Å²) in [5, 5.41) is 2.74. The minimum absolute atomic E-state index is 0.105. The molecular formula is C17H18N2O3S. The van der Waals surface area contributed by atoms with E-state index >= 15 is 0 Å². The van der Waals surface area contributed by atoms with Crippen molar-refractivity contribution in [2.24, 2.45) is 0 Å². The number of amides is 1. The van der Waals surface area contributed by atoms with Gasteiger partial charge in [0, 0.05) is 12.2 Å². The first-order chi connectivity index (χ1) is 11.0. The number of nitrogens with one attached hydrogen (secondary N) is 2. The molecule has 6 heteroatoms. The van der Waals surface area contributed by atoms with Crippen molar-refractivity contribution in [1.29, 1.82) is 0 Å². The van der Waals surface area contributed by atoms with Gasteiger partial charge in [-0.1, -0.05) is 30.3 Å². The predicted molar refractivity (Wildman–Crippen MR) is 88.8 cm³/mol. The smallest absolute Gasteiger partial charge is 0.240 e. The zero-order chi connectivity index (χ0) is 16.4. The van der Waals surface area contributed by atoms with E-state index in [1.54, 1.807) is 19.1 Å². The molecule has 23 heavy (non-hydrogen) atoms. The molecule has 1 amide bonds. The first kappa shape index (κ1) is 15.7. The summed E-state index contributed by atoms with van der Waals surface area (Å²) < 4.78 is 27.4. The molecular weight excluding hydrogens is 312 g/mol. The molecule has 1 aliphatic rings. The normalized spacial score (nSPS) is 16.9. The van der Waals surface area contributed by atoms with Crippen LogP contribution in [0.2, 0.25) is 0 Å². The summed E-state index contributed by atoms with van der Waals surface area (Å²) in [4.78, 5) is 11.8. The lowest BCUT2D eigenvalue weighted by Crippen LogP contribution is -2.26. The first-order valence-electron chi connectivity index (χ1n) is 7.46. The quantitative estimate of drug-likeness (QED) is 0.883. The van der Waals surface area contributed by atoms with Crippen LogP contribution in [0.1, 0.15) is 24.0 Å². The molecule has 0 radical (unpaired) electrons. The van der Waals surface area contributed by atoms with Gasteiger partial charge >= 0.3 is 0 Å². The summed E-state index contributed by atoms with van der Waals surface area (Å²) in [5.74, 6) is -0.434. The van der Waals surface area contributed by atoms with Crippen molar-refractivity contribution in [2.75, 3.05) is 11.9 Å². The number of anilines is 1. The summed E-state index contributed by atoms with van der Waals surface area (Å²) in [6.07, 6.45) is 0.626. The Kier molecular flexibility index (Phi) is 4.19. The molecule has 120 valence electrons. The van der Waals surface area contributed by atoms with Crippen molar-refractivity contribution < 1.29 is 13.2 Å². The van der Waals surface area contributed by atoms with E-state index in [9.17, 15) is 13.2 Å². The number of rotatable bonds is 5. The SMILES string of the molecule is C[C@H]1C(=O)Nc2ccc(S(=O)(=O)NCCc3ccccc3)cc21. The van der Waals surface area contributed by atoms with Gasteiger partial charge in [0.15, 0.2) is 0 Å². The van der Waals surface area contributed by atoms with Gasteiger partial charge in [0.25, 0.3) is 0 Å². The highest BCUT2D eigenvalue weighted by Crippen LogP contribution is 2.33. The highest BCUT2D eigenvalue weighted by Gasteiger charge is 2.28. The maximum absolute atomic E-state index is 12.4. The van der Waals surface area contributed by atoms with Gasteiger partial charge < -0.3 is 5.32 Å². The van der Waals surface area contributed by atoms with Crippen molar-refractivity contribution in [3.63, 3.8) is 0 Å². The molecule has 1 atom stereocenters. The number of hydrogen-bond acceptors (Lipinski definition) is 3. The fourth-order valence-corrected chi connectivity index (χ4v) is 3.69. The third-order valence-corrected chi connectivity index (χ3v) is 5.46. The average molecular weight is 330 g/mol. The lowest BCUT2D eigenvalue weighted by Gasteiger charge is -2.09. The van der Waals surface area contributed by atoms with Crippen LogP contribution >= 0.6 is 0 Å². The Hall–Kier alpha value is -2.18. The molecule has 0 bridgehead atoms. The zero-order valence-electron chi connectivity index (χ0n) is 12.7. The van der Waals surface area contributed by atoms with E-state index < -0.39 is 10.0 Å². The van der Waals surface area contributed by atoms with Gasteiger partial charge in [0.1, 0.15) is 0 Å². The molecule has 0 aliphatic carbocycles. The fraction of sp³-hybridized carbons (Fsp3) is 0.235. The van der Waals surface area contributed by atoms with Gasteiger partial charge in [0.2, 0.25) is 15.9 Å². The van der Waals surface area contributed by atoms with Crippen LogP contribution in [0.4, 0.5) is 5.69 Å². The second-order valence-electron chi connectivity index (χ2n) is 5.59. The fourth-order valence-electron chi connectivity index (χ4n) is 2.62. The van der Waals surface area contributed by atoms with Gasteiger partial charge in [-0.25, -0.2) is 13.1 Å². The highest BCUT2D eigenvalue weighted by atomic mass is 32.2. The molecule has 0 spiro atoms. The van der Waals surface area contributed by atoms with E-state index in [0.29, 0.717) is 18.7 Å². The second kappa shape index (κ2) is 6.14. The molecule has 0 saturated carbocycles. The highest BCUT2D eigenvalue weighted by molar-refractivity contribution is 7.89. The Morgan fingerprint density at radius 1 is 1.13 bits per heavy atom. The number of hydrogen-bond donors (Lipinski definition) is 2. The monoisotopic (exact) mass is 330 g/mol. The minimum atomic E-state index is -3.58. The number of carbonyl (C=O) groups excluding carboxylic acids is 1. The summed E-state index contributed by atoms with van der Waals surface area (Å²) in [7, 11) is -3.58. The van der Waals surface area contributed by atoms with E-state index in [0.717, 1.165) is 11.1 Å². The maximum Gasteiger partial charge on any atom is 0.240 e. The molecule has 1 aliphatic heterocycles. The molecule has 1 heterocycles. The van der Waals surface area contributed by atoms with E-state index in [-0.39, 0.29) is 16.7 Å². The summed E-state index contributed by atoms with van der Waals surface area (Å²) in [6.45, 7) is 2.09. The Bertz CT molecular complexity index is 832.